The number of carbonyl (C=O) groups excluding carboxylic acids is 3. The van der Waals surface area contributed by atoms with Gasteiger partial charge in [-0.2, -0.15) is 0 Å². The van der Waals surface area contributed by atoms with Crippen LogP contribution in [0.15, 0.2) is 0 Å². The van der Waals surface area contributed by atoms with Crippen LogP contribution in [0.3, 0.4) is 0 Å². The largest absolute Gasteiger partial charge is 0.354 e. The first-order valence-corrected chi connectivity index (χ1v) is 9.70. The number of hydrogen-bond acceptors (Lipinski definition) is 3. The first-order chi connectivity index (χ1) is 11.4. The average Bonchev–Trinajstić information content (AvgIpc) is 2.75. The van der Waals surface area contributed by atoms with E-state index in [1.807, 2.05) is 0 Å². The molecule has 0 unspecified atom stereocenters. The third kappa shape index (κ3) is 2.95. The molecular formula is C17H24BrN3O3. The van der Waals surface area contributed by atoms with Crippen molar-refractivity contribution in [3.8, 4) is 0 Å². The molecule has 4 amide bonds. The van der Waals surface area contributed by atoms with Crippen molar-refractivity contribution in [1.29, 1.82) is 0 Å². The summed E-state index contributed by atoms with van der Waals surface area (Å²) in [7, 11) is 0. The van der Waals surface area contributed by atoms with Gasteiger partial charge in [0.15, 0.2) is 0 Å². The zero-order valence-corrected chi connectivity index (χ0v) is 15.4. The standard InChI is InChI=1S/C17H24BrN3O3/c18-17-6-11-3-12(7-17)5-16(4-11,10-17)8-13(22)19-1-2-21-14(23)9-20-15(21)24/h11-12H,1-10H2,(H,19,22)(H,20,24)/t11-,12-,16?,17?/m1/s1. The summed E-state index contributed by atoms with van der Waals surface area (Å²) in [6.45, 7) is 0.642. The molecule has 1 saturated heterocycles. The van der Waals surface area contributed by atoms with E-state index < -0.39 is 0 Å². The van der Waals surface area contributed by atoms with E-state index in [2.05, 4.69) is 26.6 Å². The molecule has 6 nitrogen and oxygen atoms in total. The summed E-state index contributed by atoms with van der Waals surface area (Å²) >= 11 is 3.97. The first-order valence-electron chi connectivity index (χ1n) is 8.90. The number of nitrogens with zero attached hydrogens (tertiary/aromatic N) is 1. The highest BCUT2D eigenvalue weighted by Gasteiger charge is 2.57. The molecule has 5 fully saturated rings. The highest BCUT2D eigenvalue weighted by molar-refractivity contribution is 9.10. The van der Waals surface area contributed by atoms with Gasteiger partial charge in [-0.05, 0) is 55.8 Å². The van der Waals surface area contributed by atoms with Crippen molar-refractivity contribution in [2.24, 2.45) is 17.3 Å². The molecule has 0 spiro atoms. The van der Waals surface area contributed by atoms with Crippen LogP contribution in [0, 0.1) is 17.3 Å². The van der Waals surface area contributed by atoms with Gasteiger partial charge in [0, 0.05) is 23.8 Å². The topological polar surface area (TPSA) is 78.5 Å². The van der Waals surface area contributed by atoms with Crippen molar-refractivity contribution in [1.82, 2.24) is 15.5 Å². The molecular weight excluding hydrogens is 374 g/mol. The van der Waals surface area contributed by atoms with E-state index in [4.69, 9.17) is 0 Å². The fourth-order valence-electron chi connectivity index (χ4n) is 5.93. The lowest BCUT2D eigenvalue weighted by atomic mass is 9.48. The maximum absolute atomic E-state index is 12.4. The minimum absolute atomic E-state index is 0.0557. The molecule has 7 heteroatoms. The maximum atomic E-state index is 12.4. The molecule has 4 bridgehead atoms. The van der Waals surface area contributed by atoms with Crippen molar-refractivity contribution in [3.63, 3.8) is 0 Å². The van der Waals surface area contributed by atoms with E-state index in [9.17, 15) is 14.4 Å². The Morgan fingerprint density at radius 3 is 2.54 bits per heavy atom. The highest BCUT2D eigenvalue weighted by atomic mass is 79.9. The Bertz CT molecular complexity index is 564. The Kier molecular flexibility index (Phi) is 3.90. The first kappa shape index (κ1) is 16.4. The van der Waals surface area contributed by atoms with E-state index in [1.165, 1.54) is 37.0 Å². The summed E-state index contributed by atoms with van der Waals surface area (Å²) in [5.41, 5.74) is 0.151. The number of hydrogen-bond donors (Lipinski definition) is 2. The number of amides is 4. The Balaban J connectivity index is 1.30. The number of imide groups is 1. The molecule has 0 aromatic carbocycles. The van der Waals surface area contributed by atoms with Gasteiger partial charge >= 0.3 is 6.03 Å². The smallest absolute Gasteiger partial charge is 0.324 e. The molecule has 1 aliphatic heterocycles. The number of rotatable bonds is 5. The van der Waals surface area contributed by atoms with Crippen LogP contribution in [0.1, 0.15) is 44.9 Å². The Hall–Kier alpha value is -1.11. The quantitative estimate of drug-likeness (QED) is 0.548. The lowest BCUT2D eigenvalue weighted by Crippen LogP contribution is -2.54. The molecule has 5 aliphatic rings. The summed E-state index contributed by atoms with van der Waals surface area (Å²) in [5, 5.41) is 5.39. The van der Waals surface area contributed by atoms with Crippen LogP contribution in [0.4, 0.5) is 4.79 Å². The second-order valence-corrected chi connectivity index (χ2v) is 10.0. The Morgan fingerprint density at radius 1 is 1.25 bits per heavy atom. The molecule has 5 rings (SSSR count). The lowest BCUT2D eigenvalue weighted by Gasteiger charge is -2.60. The molecule has 2 N–H and O–H groups in total. The molecule has 24 heavy (non-hydrogen) atoms. The number of urea groups is 1. The summed E-state index contributed by atoms with van der Waals surface area (Å²) in [4.78, 5) is 36.6. The van der Waals surface area contributed by atoms with Crippen LogP contribution in [-0.4, -0.2) is 46.7 Å². The number of carbonyl (C=O) groups is 3. The van der Waals surface area contributed by atoms with Crippen LogP contribution < -0.4 is 10.6 Å². The van der Waals surface area contributed by atoms with Crippen LogP contribution in [-0.2, 0) is 9.59 Å². The second kappa shape index (κ2) is 5.71. The van der Waals surface area contributed by atoms with Crippen molar-refractivity contribution < 1.29 is 14.4 Å². The van der Waals surface area contributed by atoms with Crippen molar-refractivity contribution in [3.05, 3.63) is 0 Å². The monoisotopic (exact) mass is 397 g/mol. The van der Waals surface area contributed by atoms with Crippen molar-refractivity contribution in [2.45, 2.75) is 49.3 Å². The fraction of sp³-hybridized carbons (Fsp3) is 0.824. The van der Waals surface area contributed by atoms with E-state index in [-0.39, 0.29) is 40.7 Å². The average molecular weight is 398 g/mol. The Labute approximate surface area is 150 Å². The van der Waals surface area contributed by atoms with E-state index in [0.29, 0.717) is 13.0 Å². The third-order valence-electron chi connectivity index (χ3n) is 6.24. The van der Waals surface area contributed by atoms with Crippen LogP contribution >= 0.6 is 15.9 Å². The van der Waals surface area contributed by atoms with Gasteiger partial charge in [0.25, 0.3) is 0 Å². The molecule has 132 valence electrons. The SMILES string of the molecule is O=C(CC12C[C@H]3C[C@@H](CC(Br)(C3)C1)C2)NCCN1C(=O)CNC1=O. The van der Waals surface area contributed by atoms with E-state index in [1.54, 1.807) is 0 Å². The molecule has 2 atom stereocenters. The molecule has 4 saturated carbocycles. The molecule has 0 aromatic rings. The van der Waals surface area contributed by atoms with Gasteiger partial charge in [-0.1, -0.05) is 15.9 Å². The fourth-order valence-corrected chi connectivity index (χ4v) is 7.45. The van der Waals surface area contributed by atoms with Gasteiger partial charge in [-0.15, -0.1) is 0 Å². The van der Waals surface area contributed by atoms with Gasteiger partial charge in [-0.25, -0.2) is 4.79 Å². The number of halogens is 1. The van der Waals surface area contributed by atoms with Gasteiger partial charge in [0.05, 0.1) is 6.54 Å². The van der Waals surface area contributed by atoms with Gasteiger partial charge in [0.2, 0.25) is 11.8 Å². The molecule has 0 radical (unpaired) electrons. The van der Waals surface area contributed by atoms with Crippen LogP contribution in [0.5, 0.6) is 0 Å². The normalized spacial score (nSPS) is 40.1. The Morgan fingerprint density at radius 2 is 1.96 bits per heavy atom. The van der Waals surface area contributed by atoms with Crippen LogP contribution in [0.25, 0.3) is 0 Å². The van der Waals surface area contributed by atoms with Crippen molar-refractivity contribution >= 4 is 33.8 Å². The predicted octanol–water partition coefficient (Wildman–Crippen LogP) is 1.78. The maximum Gasteiger partial charge on any atom is 0.324 e. The van der Waals surface area contributed by atoms with Gasteiger partial charge in [0.1, 0.15) is 0 Å². The number of nitrogens with one attached hydrogen (secondary N) is 2. The second-order valence-electron chi connectivity index (χ2n) is 8.34. The summed E-state index contributed by atoms with van der Waals surface area (Å²) in [5.74, 6) is 1.37. The van der Waals surface area contributed by atoms with Gasteiger partial charge < -0.3 is 10.6 Å². The summed E-state index contributed by atoms with van der Waals surface area (Å²) < 4.78 is 0.261. The summed E-state index contributed by atoms with van der Waals surface area (Å²) in [6.07, 6.45) is 7.90. The molecule has 4 aliphatic carbocycles. The lowest BCUT2D eigenvalue weighted by molar-refractivity contribution is -0.129. The van der Waals surface area contributed by atoms with Gasteiger partial charge in [-0.3, -0.25) is 14.5 Å². The zero-order valence-electron chi connectivity index (χ0n) is 13.8. The minimum Gasteiger partial charge on any atom is -0.354 e. The van der Waals surface area contributed by atoms with E-state index in [0.717, 1.165) is 18.3 Å². The minimum atomic E-state index is -0.364. The van der Waals surface area contributed by atoms with Crippen molar-refractivity contribution in [2.75, 3.05) is 19.6 Å². The highest BCUT2D eigenvalue weighted by Crippen LogP contribution is 2.65. The molecule has 0 aromatic heterocycles. The number of alkyl halides is 1. The third-order valence-corrected chi connectivity index (χ3v) is 7.17. The van der Waals surface area contributed by atoms with E-state index >= 15 is 0 Å². The van der Waals surface area contributed by atoms with Crippen LogP contribution in [0.2, 0.25) is 0 Å². The zero-order chi connectivity index (χ0) is 16.9. The summed E-state index contributed by atoms with van der Waals surface area (Å²) in [6, 6.07) is -0.364. The molecule has 1 heterocycles. The predicted molar refractivity (Wildman–Crippen MR) is 91.5 cm³/mol.